The molecule has 13 heavy (non-hydrogen) atoms. The fourth-order valence-corrected chi connectivity index (χ4v) is 1.29. The summed E-state index contributed by atoms with van der Waals surface area (Å²) in [7, 11) is 0. The number of rotatable bonds is 1. The SMILES string of the molecule is CC(C)c1csc(N)n1.NC(N)=S. The summed E-state index contributed by atoms with van der Waals surface area (Å²) in [6, 6.07) is 0. The van der Waals surface area contributed by atoms with Gasteiger partial charge in [-0.15, -0.1) is 11.3 Å². The normalized spacial score (nSPS) is 9.15. The summed E-state index contributed by atoms with van der Waals surface area (Å²) in [6.07, 6.45) is 0. The Morgan fingerprint density at radius 1 is 1.54 bits per heavy atom. The fraction of sp³-hybridized carbons (Fsp3) is 0.429. The molecule has 0 aliphatic carbocycles. The van der Waals surface area contributed by atoms with Gasteiger partial charge in [0.2, 0.25) is 0 Å². The molecule has 0 aromatic carbocycles. The minimum Gasteiger partial charge on any atom is -0.377 e. The molecule has 0 aliphatic heterocycles. The molecule has 0 saturated carbocycles. The van der Waals surface area contributed by atoms with E-state index in [-0.39, 0.29) is 5.11 Å². The summed E-state index contributed by atoms with van der Waals surface area (Å²) < 4.78 is 0. The van der Waals surface area contributed by atoms with Crippen molar-refractivity contribution in [1.29, 1.82) is 0 Å². The van der Waals surface area contributed by atoms with Gasteiger partial charge < -0.3 is 17.2 Å². The predicted octanol–water partition coefficient (Wildman–Crippen LogP) is 1.04. The Hall–Kier alpha value is -0.880. The van der Waals surface area contributed by atoms with Gasteiger partial charge in [-0.1, -0.05) is 13.8 Å². The van der Waals surface area contributed by atoms with Crippen LogP contribution in [0.3, 0.4) is 0 Å². The van der Waals surface area contributed by atoms with E-state index in [1.165, 1.54) is 11.3 Å². The van der Waals surface area contributed by atoms with E-state index in [0.29, 0.717) is 11.0 Å². The van der Waals surface area contributed by atoms with Crippen LogP contribution in [0, 0.1) is 0 Å². The molecule has 6 heteroatoms. The Bertz CT molecular complexity index is 265. The zero-order chi connectivity index (χ0) is 10.4. The average Bonchev–Trinajstić information content (AvgIpc) is 2.34. The smallest absolute Gasteiger partial charge is 0.180 e. The van der Waals surface area contributed by atoms with Crippen LogP contribution in [-0.2, 0) is 0 Å². The Kier molecular flexibility index (Phi) is 5.33. The van der Waals surface area contributed by atoms with E-state index in [0.717, 1.165) is 5.69 Å². The van der Waals surface area contributed by atoms with Crippen LogP contribution in [0.5, 0.6) is 0 Å². The first-order valence-corrected chi connectivity index (χ1v) is 4.98. The van der Waals surface area contributed by atoms with Gasteiger partial charge in [0.05, 0.1) is 5.69 Å². The minimum absolute atomic E-state index is 0.000000000000000222. The van der Waals surface area contributed by atoms with Crippen LogP contribution in [0.15, 0.2) is 5.38 Å². The molecule has 0 saturated heterocycles. The first-order valence-electron chi connectivity index (χ1n) is 3.69. The molecule has 0 radical (unpaired) electrons. The van der Waals surface area contributed by atoms with Gasteiger partial charge in [-0.05, 0) is 18.1 Å². The highest BCUT2D eigenvalue weighted by Crippen LogP contribution is 2.18. The zero-order valence-electron chi connectivity index (χ0n) is 7.65. The van der Waals surface area contributed by atoms with Gasteiger partial charge in [-0.3, -0.25) is 0 Å². The summed E-state index contributed by atoms with van der Waals surface area (Å²) >= 11 is 5.59. The van der Waals surface area contributed by atoms with Gasteiger partial charge >= 0.3 is 0 Å². The maximum Gasteiger partial charge on any atom is 0.180 e. The van der Waals surface area contributed by atoms with E-state index in [9.17, 15) is 0 Å². The van der Waals surface area contributed by atoms with Crippen molar-refractivity contribution in [2.75, 3.05) is 5.73 Å². The van der Waals surface area contributed by atoms with E-state index in [1.54, 1.807) is 0 Å². The van der Waals surface area contributed by atoms with Crippen LogP contribution in [0.25, 0.3) is 0 Å². The largest absolute Gasteiger partial charge is 0.377 e. The standard InChI is InChI=1S/C6H10N2S.CH4N2S/c1-4(2)5-3-9-6(7)8-5;2-1(3)4/h3-4H,1-2H3,(H2,7,8);(H4,2,3,4). The van der Waals surface area contributed by atoms with E-state index >= 15 is 0 Å². The lowest BCUT2D eigenvalue weighted by atomic mass is 10.2. The molecule has 0 amide bonds. The topological polar surface area (TPSA) is 90.9 Å². The number of thiazole rings is 1. The molecule has 6 N–H and O–H groups in total. The molecule has 1 aromatic rings. The highest BCUT2D eigenvalue weighted by molar-refractivity contribution is 7.80. The van der Waals surface area contributed by atoms with Crippen molar-refractivity contribution in [3.05, 3.63) is 11.1 Å². The highest BCUT2D eigenvalue weighted by Gasteiger charge is 2.01. The van der Waals surface area contributed by atoms with Crippen LogP contribution >= 0.6 is 23.6 Å². The fourth-order valence-electron chi connectivity index (χ4n) is 0.566. The molecular formula is C7H14N4S2. The number of thiocarbonyl (C=S) groups is 1. The predicted molar refractivity (Wildman–Crippen MR) is 61.6 cm³/mol. The van der Waals surface area contributed by atoms with Crippen LogP contribution < -0.4 is 17.2 Å². The maximum atomic E-state index is 5.42. The van der Waals surface area contributed by atoms with Gasteiger partial charge in [0, 0.05) is 5.38 Å². The van der Waals surface area contributed by atoms with E-state index in [4.69, 9.17) is 5.73 Å². The highest BCUT2D eigenvalue weighted by atomic mass is 32.1. The van der Waals surface area contributed by atoms with E-state index < -0.39 is 0 Å². The summed E-state index contributed by atoms with van der Waals surface area (Å²) in [5.41, 5.74) is 15.8. The monoisotopic (exact) mass is 218 g/mol. The van der Waals surface area contributed by atoms with Gasteiger partial charge in [-0.2, -0.15) is 0 Å². The zero-order valence-corrected chi connectivity index (χ0v) is 9.28. The lowest BCUT2D eigenvalue weighted by molar-refractivity contribution is 0.834. The molecule has 74 valence electrons. The Labute approximate surface area is 87.1 Å². The van der Waals surface area contributed by atoms with Gasteiger partial charge in [0.25, 0.3) is 0 Å². The van der Waals surface area contributed by atoms with Gasteiger partial charge in [-0.25, -0.2) is 4.98 Å². The number of nitrogen functional groups attached to an aromatic ring is 1. The Morgan fingerprint density at radius 2 is 2.00 bits per heavy atom. The number of nitrogens with two attached hydrogens (primary N) is 3. The van der Waals surface area contributed by atoms with Crippen LogP contribution in [-0.4, -0.2) is 10.1 Å². The molecule has 4 nitrogen and oxygen atoms in total. The molecule has 0 unspecified atom stereocenters. The van der Waals surface area contributed by atoms with Crippen molar-refractivity contribution in [3.63, 3.8) is 0 Å². The lowest BCUT2D eigenvalue weighted by Gasteiger charge is -1.94. The second-order valence-corrected chi connectivity index (χ2v) is 4.03. The van der Waals surface area contributed by atoms with Crippen molar-refractivity contribution in [1.82, 2.24) is 4.98 Å². The lowest BCUT2D eigenvalue weighted by Crippen LogP contribution is -2.18. The van der Waals surface area contributed by atoms with Crippen molar-refractivity contribution in [2.24, 2.45) is 11.5 Å². The number of hydrogen-bond donors (Lipinski definition) is 3. The van der Waals surface area contributed by atoms with Gasteiger partial charge in [0.1, 0.15) is 0 Å². The number of anilines is 1. The summed E-state index contributed by atoms with van der Waals surface area (Å²) in [5.74, 6) is 0.499. The molecule has 0 bridgehead atoms. The first kappa shape index (κ1) is 12.1. The molecule has 0 spiro atoms. The van der Waals surface area contributed by atoms with Crippen molar-refractivity contribution < 1.29 is 0 Å². The van der Waals surface area contributed by atoms with Crippen LogP contribution in [0.2, 0.25) is 0 Å². The van der Waals surface area contributed by atoms with Gasteiger partial charge in [0.15, 0.2) is 10.2 Å². The van der Waals surface area contributed by atoms with E-state index in [1.807, 2.05) is 5.38 Å². The van der Waals surface area contributed by atoms with Crippen LogP contribution in [0.4, 0.5) is 5.13 Å². The third kappa shape index (κ3) is 6.30. The molecular weight excluding hydrogens is 204 g/mol. The van der Waals surface area contributed by atoms with Crippen molar-refractivity contribution in [3.8, 4) is 0 Å². The molecule has 0 aliphatic rings. The third-order valence-electron chi connectivity index (χ3n) is 1.13. The first-order chi connectivity index (χ1) is 5.93. The summed E-state index contributed by atoms with van der Waals surface area (Å²) in [5, 5.41) is 2.67. The Morgan fingerprint density at radius 3 is 2.15 bits per heavy atom. The second kappa shape index (κ2) is 5.71. The maximum absolute atomic E-state index is 5.42. The van der Waals surface area contributed by atoms with E-state index in [2.05, 4.69) is 42.5 Å². The molecule has 0 atom stereocenters. The molecule has 1 rings (SSSR count). The second-order valence-electron chi connectivity index (χ2n) is 2.67. The Balaban J connectivity index is 0.000000310. The van der Waals surface area contributed by atoms with Crippen molar-refractivity contribution in [2.45, 2.75) is 19.8 Å². The number of nitrogens with zero attached hydrogens (tertiary/aromatic N) is 1. The number of hydrogen-bond acceptors (Lipinski definition) is 4. The quantitative estimate of drug-likeness (QED) is 0.613. The van der Waals surface area contributed by atoms with Crippen LogP contribution in [0.1, 0.15) is 25.5 Å². The summed E-state index contributed by atoms with van der Waals surface area (Å²) in [4.78, 5) is 4.11. The molecule has 1 aromatic heterocycles. The minimum atomic E-state index is 0.000000000000000222. The average molecular weight is 218 g/mol. The van der Waals surface area contributed by atoms with Crippen molar-refractivity contribution >= 4 is 33.8 Å². The number of aromatic nitrogens is 1. The third-order valence-corrected chi connectivity index (χ3v) is 1.82. The molecule has 1 heterocycles. The molecule has 0 fully saturated rings. The summed E-state index contributed by atoms with van der Waals surface area (Å²) in [6.45, 7) is 4.21.